The highest BCUT2D eigenvalue weighted by Crippen LogP contribution is 2.24. The summed E-state index contributed by atoms with van der Waals surface area (Å²) < 4.78 is 0. The van der Waals surface area contributed by atoms with Gasteiger partial charge in [-0.25, -0.2) is 0 Å². The van der Waals surface area contributed by atoms with Crippen LogP contribution >= 0.6 is 11.8 Å². The summed E-state index contributed by atoms with van der Waals surface area (Å²) in [5, 5.41) is 2.82. The minimum absolute atomic E-state index is 0.0233. The van der Waals surface area contributed by atoms with E-state index in [1.54, 1.807) is 23.6 Å². The molecule has 1 fully saturated rings. The van der Waals surface area contributed by atoms with Crippen molar-refractivity contribution in [3.63, 3.8) is 0 Å². The smallest absolute Gasteiger partial charge is 0.250 e. The van der Waals surface area contributed by atoms with E-state index < -0.39 is 12.1 Å². The molecule has 3 atom stereocenters. The largest absolute Gasteiger partial charge is 0.339 e. The first-order valence-corrected chi connectivity index (χ1v) is 8.12. The van der Waals surface area contributed by atoms with E-state index in [1.165, 1.54) is 0 Å². The average Bonchev–Trinajstić information content (AvgIpc) is 2.44. The van der Waals surface area contributed by atoms with E-state index in [4.69, 9.17) is 0 Å². The van der Waals surface area contributed by atoms with Gasteiger partial charge in [-0.2, -0.15) is 11.8 Å². The highest BCUT2D eigenvalue weighted by atomic mass is 32.2. The van der Waals surface area contributed by atoms with Gasteiger partial charge in [0.15, 0.2) is 0 Å². The third kappa shape index (κ3) is 2.82. The minimum atomic E-state index is -0.566. The fourth-order valence-electron chi connectivity index (χ4n) is 2.58. The van der Waals surface area contributed by atoms with Gasteiger partial charge in [0.2, 0.25) is 5.91 Å². The fourth-order valence-corrected chi connectivity index (χ4v) is 3.23. The summed E-state index contributed by atoms with van der Waals surface area (Å²) in [6.07, 6.45) is 2.00. The zero-order chi connectivity index (χ0) is 14.7. The second kappa shape index (κ2) is 6.31. The van der Waals surface area contributed by atoms with Crippen LogP contribution in [-0.4, -0.2) is 40.8 Å². The zero-order valence-corrected chi connectivity index (χ0v) is 12.8. The molecule has 20 heavy (non-hydrogen) atoms. The van der Waals surface area contributed by atoms with Crippen LogP contribution in [0.5, 0.6) is 0 Å². The van der Waals surface area contributed by atoms with Gasteiger partial charge in [-0.05, 0) is 25.7 Å². The van der Waals surface area contributed by atoms with Crippen LogP contribution in [0.25, 0.3) is 0 Å². The molecule has 1 heterocycles. The molecule has 4 nitrogen and oxygen atoms in total. The molecule has 0 aliphatic carbocycles. The number of nitrogens with one attached hydrogen (secondary N) is 1. The molecule has 0 radical (unpaired) electrons. The Kier molecular flexibility index (Phi) is 4.70. The molecule has 1 aromatic carbocycles. The van der Waals surface area contributed by atoms with Crippen molar-refractivity contribution in [1.29, 1.82) is 0 Å². The van der Waals surface area contributed by atoms with Gasteiger partial charge in [0.25, 0.3) is 5.91 Å². The number of rotatable bonds is 4. The number of nitrogens with zero attached hydrogens (tertiary/aromatic N) is 1. The lowest BCUT2D eigenvalue weighted by Gasteiger charge is -2.41. The van der Waals surface area contributed by atoms with Crippen LogP contribution in [0, 0.1) is 0 Å². The maximum atomic E-state index is 12.7. The van der Waals surface area contributed by atoms with Gasteiger partial charge in [-0.15, -0.1) is 0 Å². The maximum absolute atomic E-state index is 12.7. The Bertz CT molecular complexity index is 492. The van der Waals surface area contributed by atoms with Crippen LogP contribution < -0.4 is 5.32 Å². The second-order valence-corrected chi connectivity index (χ2v) is 5.99. The molecule has 0 spiro atoms. The highest BCUT2D eigenvalue weighted by molar-refractivity contribution is 7.98. The normalized spacial score (nSPS) is 24.4. The van der Waals surface area contributed by atoms with E-state index in [9.17, 15) is 9.59 Å². The van der Waals surface area contributed by atoms with E-state index in [2.05, 4.69) is 5.32 Å². The number of amides is 2. The Morgan fingerprint density at radius 2 is 1.95 bits per heavy atom. The van der Waals surface area contributed by atoms with E-state index >= 15 is 0 Å². The molecule has 0 saturated carbocycles. The lowest BCUT2D eigenvalue weighted by atomic mass is 9.99. The van der Waals surface area contributed by atoms with Crippen molar-refractivity contribution in [2.45, 2.75) is 32.0 Å². The standard InChI is InChI=1S/C15H20N2O2S/c1-10(9-20-3)17-11(2)14(18)16-13(15(17)19)12-7-5-4-6-8-12/h4-8,10-11,13H,9H2,1-3H3,(H,16,18). The summed E-state index contributed by atoms with van der Waals surface area (Å²) >= 11 is 1.68. The van der Waals surface area contributed by atoms with E-state index in [0.29, 0.717) is 0 Å². The maximum Gasteiger partial charge on any atom is 0.250 e. The summed E-state index contributed by atoms with van der Waals surface area (Å²) in [5.74, 6) is 0.710. The Hall–Kier alpha value is -1.49. The first-order valence-electron chi connectivity index (χ1n) is 6.72. The molecule has 5 heteroatoms. The molecule has 1 aliphatic rings. The van der Waals surface area contributed by atoms with Gasteiger partial charge < -0.3 is 10.2 Å². The summed E-state index contributed by atoms with van der Waals surface area (Å²) in [4.78, 5) is 26.5. The summed E-state index contributed by atoms with van der Waals surface area (Å²) in [6, 6.07) is 8.46. The first-order chi connectivity index (χ1) is 9.56. The lowest BCUT2D eigenvalue weighted by Crippen LogP contribution is -2.61. The molecule has 2 rings (SSSR count). The van der Waals surface area contributed by atoms with Crippen molar-refractivity contribution >= 4 is 23.6 Å². The minimum Gasteiger partial charge on any atom is -0.339 e. The van der Waals surface area contributed by atoms with Crippen LogP contribution in [0.15, 0.2) is 30.3 Å². The van der Waals surface area contributed by atoms with Gasteiger partial charge in [0.1, 0.15) is 12.1 Å². The Morgan fingerprint density at radius 1 is 1.30 bits per heavy atom. The summed E-state index contributed by atoms with van der Waals surface area (Å²) in [5.41, 5.74) is 0.833. The monoisotopic (exact) mass is 292 g/mol. The molecule has 1 saturated heterocycles. The molecule has 0 bridgehead atoms. The predicted octanol–water partition coefficient (Wildman–Crippen LogP) is 1.83. The molecule has 2 amide bonds. The SMILES string of the molecule is CSCC(C)N1C(=O)C(c2ccccc2)NC(=O)C1C. The molecule has 1 aliphatic heterocycles. The van der Waals surface area contributed by atoms with E-state index in [1.807, 2.05) is 43.5 Å². The number of hydrogen-bond donors (Lipinski definition) is 1. The number of carbonyl (C=O) groups excluding carboxylic acids is 2. The van der Waals surface area contributed by atoms with Crippen LogP contribution in [0.1, 0.15) is 25.5 Å². The Morgan fingerprint density at radius 3 is 2.55 bits per heavy atom. The van der Waals surface area contributed by atoms with Crippen LogP contribution in [-0.2, 0) is 9.59 Å². The number of carbonyl (C=O) groups is 2. The fraction of sp³-hybridized carbons (Fsp3) is 0.467. The molecule has 108 valence electrons. The molecule has 1 aromatic rings. The van der Waals surface area contributed by atoms with Gasteiger partial charge in [0.05, 0.1) is 0 Å². The number of hydrogen-bond acceptors (Lipinski definition) is 3. The lowest BCUT2D eigenvalue weighted by molar-refractivity contribution is -0.150. The van der Waals surface area contributed by atoms with Gasteiger partial charge >= 0.3 is 0 Å². The van der Waals surface area contributed by atoms with Crippen molar-refractivity contribution in [1.82, 2.24) is 10.2 Å². The van der Waals surface area contributed by atoms with Crippen LogP contribution in [0.4, 0.5) is 0 Å². The molecule has 1 N–H and O–H groups in total. The summed E-state index contributed by atoms with van der Waals surface area (Å²) in [6.45, 7) is 3.77. The topological polar surface area (TPSA) is 49.4 Å². The highest BCUT2D eigenvalue weighted by Gasteiger charge is 2.40. The molecule has 3 unspecified atom stereocenters. The quantitative estimate of drug-likeness (QED) is 0.921. The first kappa shape index (κ1) is 14.9. The van der Waals surface area contributed by atoms with Crippen molar-refractivity contribution in [3.05, 3.63) is 35.9 Å². The average molecular weight is 292 g/mol. The summed E-state index contributed by atoms with van der Waals surface area (Å²) in [7, 11) is 0. The third-order valence-corrected chi connectivity index (χ3v) is 4.42. The molecular weight excluding hydrogens is 272 g/mol. The number of thioether (sulfide) groups is 1. The molecular formula is C15H20N2O2S. The van der Waals surface area contributed by atoms with Crippen molar-refractivity contribution in [2.75, 3.05) is 12.0 Å². The van der Waals surface area contributed by atoms with Crippen molar-refractivity contribution < 1.29 is 9.59 Å². The van der Waals surface area contributed by atoms with Crippen molar-refractivity contribution in [3.8, 4) is 0 Å². The van der Waals surface area contributed by atoms with E-state index in [-0.39, 0.29) is 17.9 Å². The van der Waals surface area contributed by atoms with Gasteiger partial charge in [-0.1, -0.05) is 30.3 Å². The zero-order valence-electron chi connectivity index (χ0n) is 12.0. The molecule has 0 aromatic heterocycles. The van der Waals surface area contributed by atoms with Gasteiger partial charge in [-0.3, -0.25) is 9.59 Å². The van der Waals surface area contributed by atoms with Gasteiger partial charge in [0, 0.05) is 11.8 Å². The predicted molar refractivity (Wildman–Crippen MR) is 81.5 cm³/mol. The second-order valence-electron chi connectivity index (χ2n) is 5.08. The van der Waals surface area contributed by atoms with E-state index in [0.717, 1.165) is 11.3 Å². The number of piperazine rings is 1. The Labute approximate surface area is 123 Å². The van der Waals surface area contributed by atoms with Crippen LogP contribution in [0.3, 0.4) is 0 Å². The van der Waals surface area contributed by atoms with Crippen LogP contribution in [0.2, 0.25) is 0 Å². The Balaban J connectivity index is 2.28. The third-order valence-electron chi connectivity index (χ3n) is 3.60. The number of benzene rings is 1. The van der Waals surface area contributed by atoms with Crippen molar-refractivity contribution in [2.24, 2.45) is 0 Å².